The number of hydrogen-bond acceptors (Lipinski definition) is 3. The minimum Gasteiger partial charge on any atom is -0.455 e. The summed E-state index contributed by atoms with van der Waals surface area (Å²) >= 11 is 0. The standard InChI is InChI=1S/C23H29F2N3O/c1-6-26-23-15-11-17(24)19(27(7-2)8-3)13-21(15)29-22-14-20(28(9-4)10-5)18(25)12-16(22)23/h11-14H,6-10H2,1-5H3/p+1. The smallest absolute Gasteiger partial charge is 0.220 e. The molecule has 0 bridgehead atoms. The fourth-order valence-electron chi connectivity index (χ4n) is 3.89. The first-order valence-corrected chi connectivity index (χ1v) is 10.4. The van der Waals surface area contributed by atoms with Crippen LogP contribution in [0, 0.1) is 11.6 Å². The van der Waals surface area contributed by atoms with Crippen LogP contribution >= 0.6 is 0 Å². The number of benzene rings is 2. The van der Waals surface area contributed by atoms with Gasteiger partial charge in [-0.2, -0.15) is 0 Å². The van der Waals surface area contributed by atoms with E-state index in [1.807, 2.05) is 44.4 Å². The molecule has 3 rings (SSSR count). The van der Waals surface area contributed by atoms with Gasteiger partial charge in [0.2, 0.25) is 5.36 Å². The van der Waals surface area contributed by atoms with Crippen LogP contribution in [0.3, 0.4) is 0 Å². The van der Waals surface area contributed by atoms with Crippen molar-refractivity contribution in [2.45, 2.75) is 34.6 Å². The number of rotatable bonds is 7. The van der Waals surface area contributed by atoms with Crippen molar-refractivity contribution >= 4 is 33.3 Å². The van der Waals surface area contributed by atoms with Gasteiger partial charge in [0.05, 0.1) is 22.1 Å². The van der Waals surface area contributed by atoms with E-state index in [2.05, 4.69) is 4.99 Å². The molecule has 0 amide bonds. The maximum Gasteiger partial charge on any atom is 0.220 e. The third-order valence-corrected chi connectivity index (χ3v) is 5.42. The number of hydrogen-bond donors (Lipinski definition) is 1. The molecule has 0 unspecified atom stereocenters. The Balaban J connectivity index is 2.40. The fourth-order valence-corrected chi connectivity index (χ4v) is 3.89. The lowest BCUT2D eigenvalue weighted by Crippen LogP contribution is -2.76. The largest absolute Gasteiger partial charge is 0.455 e. The van der Waals surface area contributed by atoms with Gasteiger partial charge in [-0.1, -0.05) is 0 Å². The molecule has 0 radical (unpaired) electrons. The quantitative estimate of drug-likeness (QED) is 0.614. The second-order valence-corrected chi connectivity index (χ2v) is 6.95. The average Bonchev–Trinajstić information content (AvgIpc) is 2.71. The molecular formula is C23H30F2N3O+. The molecular weight excluding hydrogens is 372 g/mol. The van der Waals surface area contributed by atoms with Crippen molar-refractivity contribution < 1.29 is 18.2 Å². The second-order valence-electron chi connectivity index (χ2n) is 6.95. The van der Waals surface area contributed by atoms with Crippen LogP contribution in [-0.4, -0.2) is 32.7 Å². The van der Waals surface area contributed by atoms with Crippen molar-refractivity contribution in [2.75, 3.05) is 42.5 Å². The van der Waals surface area contributed by atoms with E-state index < -0.39 is 0 Å². The van der Waals surface area contributed by atoms with Crippen molar-refractivity contribution in [2.24, 2.45) is 0 Å². The molecule has 1 heterocycles. The van der Waals surface area contributed by atoms with Crippen LogP contribution in [0.4, 0.5) is 20.2 Å². The van der Waals surface area contributed by atoms with E-state index >= 15 is 0 Å². The van der Waals surface area contributed by atoms with Gasteiger partial charge in [-0.05, 0) is 46.8 Å². The second kappa shape index (κ2) is 8.80. The van der Waals surface area contributed by atoms with Gasteiger partial charge in [-0.15, -0.1) is 0 Å². The van der Waals surface area contributed by atoms with E-state index in [0.29, 0.717) is 71.4 Å². The van der Waals surface area contributed by atoms with Crippen LogP contribution in [0.2, 0.25) is 0 Å². The summed E-state index contributed by atoms with van der Waals surface area (Å²) in [5.74, 6) is -0.620. The SMILES string of the molecule is CC[NH+]=c1c2cc(F)c(N(CC)CC)cc2oc2cc(N(CC)CC)c(F)cc12. The molecule has 0 aliphatic heterocycles. The normalized spacial score (nSPS) is 11.3. The zero-order valence-corrected chi connectivity index (χ0v) is 17.9. The summed E-state index contributed by atoms with van der Waals surface area (Å²) in [6, 6.07) is 6.47. The van der Waals surface area contributed by atoms with Crippen LogP contribution in [0.15, 0.2) is 28.7 Å². The molecule has 1 aromatic heterocycles. The van der Waals surface area contributed by atoms with Gasteiger partial charge in [0.1, 0.15) is 29.3 Å². The first-order valence-electron chi connectivity index (χ1n) is 10.4. The van der Waals surface area contributed by atoms with Gasteiger partial charge in [0.25, 0.3) is 0 Å². The lowest BCUT2D eigenvalue weighted by Gasteiger charge is -2.22. The van der Waals surface area contributed by atoms with E-state index in [9.17, 15) is 8.78 Å². The van der Waals surface area contributed by atoms with Gasteiger partial charge < -0.3 is 14.2 Å². The van der Waals surface area contributed by atoms with Crippen molar-refractivity contribution in [1.29, 1.82) is 0 Å². The van der Waals surface area contributed by atoms with Crippen molar-refractivity contribution in [3.63, 3.8) is 0 Å². The predicted molar refractivity (Wildman–Crippen MR) is 115 cm³/mol. The average molecular weight is 403 g/mol. The molecule has 29 heavy (non-hydrogen) atoms. The van der Waals surface area contributed by atoms with Gasteiger partial charge in [0, 0.05) is 38.3 Å². The number of fused-ring (bicyclic) bond motifs is 2. The highest BCUT2D eigenvalue weighted by Crippen LogP contribution is 2.30. The van der Waals surface area contributed by atoms with Gasteiger partial charge >= 0.3 is 0 Å². The molecule has 3 aromatic rings. The molecule has 2 aromatic carbocycles. The summed E-state index contributed by atoms with van der Waals surface area (Å²) in [5.41, 5.74) is 2.18. The Morgan fingerprint density at radius 1 is 0.724 bits per heavy atom. The number of halogens is 2. The lowest BCUT2D eigenvalue weighted by atomic mass is 10.1. The molecule has 156 valence electrons. The first kappa shape index (κ1) is 21.1. The Hall–Kier alpha value is -2.63. The maximum absolute atomic E-state index is 14.9. The van der Waals surface area contributed by atoms with Crippen LogP contribution < -0.4 is 20.1 Å². The third-order valence-electron chi connectivity index (χ3n) is 5.42. The Bertz CT molecular complexity index is 1000. The van der Waals surface area contributed by atoms with Crippen molar-refractivity contribution in [3.05, 3.63) is 41.3 Å². The van der Waals surface area contributed by atoms with Crippen molar-refractivity contribution in [3.8, 4) is 0 Å². The Labute approximate surface area is 170 Å². The molecule has 0 aliphatic carbocycles. The number of nitrogens with zero attached hydrogens (tertiary/aromatic N) is 2. The van der Waals surface area contributed by atoms with Crippen LogP contribution in [0.25, 0.3) is 21.9 Å². The van der Waals surface area contributed by atoms with E-state index in [4.69, 9.17) is 4.42 Å². The van der Waals surface area contributed by atoms with E-state index in [1.54, 1.807) is 12.1 Å². The van der Waals surface area contributed by atoms with Crippen LogP contribution in [-0.2, 0) is 0 Å². The van der Waals surface area contributed by atoms with E-state index in [1.165, 1.54) is 12.1 Å². The Morgan fingerprint density at radius 2 is 1.14 bits per heavy atom. The molecule has 0 saturated carbocycles. The van der Waals surface area contributed by atoms with Crippen molar-refractivity contribution in [1.82, 2.24) is 0 Å². The van der Waals surface area contributed by atoms with Gasteiger partial charge in [-0.3, -0.25) is 0 Å². The Kier molecular flexibility index (Phi) is 6.40. The molecule has 6 heteroatoms. The van der Waals surface area contributed by atoms with Gasteiger partial charge in [0.15, 0.2) is 0 Å². The fraction of sp³-hybridized carbons (Fsp3) is 0.435. The van der Waals surface area contributed by atoms with E-state index in [-0.39, 0.29) is 11.6 Å². The van der Waals surface area contributed by atoms with Crippen LogP contribution in [0.1, 0.15) is 34.6 Å². The summed E-state index contributed by atoms with van der Waals surface area (Å²) in [6.07, 6.45) is 0. The minimum atomic E-state index is -0.310. The summed E-state index contributed by atoms with van der Waals surface area (Å²) in [4.78, 5) is 7.18. The highest BCUT2D eigenvalue weighted by atomic mass is 19.1. The monoisotopic (exact) mass is 402 g/mol. The predicted octanol–water partition coefficient (Wildman–Crippen LogP) is 3.56. The Morgan fingerprint density at radius 3 is 1.48 bits per heavy atom. The summed E-state index contributed by atoms with van der Waals surface area (Å²) in [5, 5.41) is 1.92. The number of nitrogens with one attached hydrogen (secondary N) is 1. The lowest BCUT2D eigenvalue weighted by molar-refractivity contribution is -0.493. The minimum absolute atomic E-state index is 0.310. The molecule has 0 saturated heterocycles. The molecule has 0 atom stereocenters. The molecule has 1 N–H and O–H groups in total. The third kappa shape index (κ3) is 3.80. The summed E-state index contributed by atoms with van der Waals surface area (Å²) < 4.78 is 36.0. The molecule has 4 nitrogen and oxygen atoms in total. The van der Waals surface area contributed by atoms with Gasteiger partial charge in [-0.25, -0.2) is 13.8 Å². The maximum atomic E-state index is 14.9. The zero-order valence-electron chi connectivity index (χ0n) is 17.9. The topological polar surface area (TPSA) is 33.6 Å². The zero-order chi connectivity index (χ0) is 21.1. The van der Waals surface area contributed by atoms with Crippen LogP contribution in [0.5, 0.6) is 0 Å². The summed E-state index contributed by atoms with van der Waals surface area (Å²) in [7, 11) is 0. The number of anilines is 2. The highest BCUT2D eigenvalue weighted by Gasteiger charge is 2.19. The molecule has 0 fully saturated rings. The molecule has 0 spiro atoms. The molecule has 0 aliphatic rings. The van der Waals surface area contributed by atoms with E-state index in [0.717, 1.165) is 0 Å². The first-order chi connectivity index (χ1) is 14.0. The summed E-state index contributed by atoms with van der Waals surface area (Å²) in [6.45, 7) is 13.4. The highest BCUT2D eigenvalue weighted by molar-refractivity contribution is 5.92.